The van der Waals surface area contributed by atoms with Gasteiger partial charge in [0.25, 0.3) is 0 Å². The summed E-state index contributed by atoms with van der Waals surface area (Å²) < 4.78 is 6.84. The van der Waals surface area contributed by atoms with Gasteiger partial charge < -0.3 is 4.74 Å². The maximum absolute atomic E-state index is 6.03. The van der Waals surface area contributed by atoms with Crippen LogP contribution in [0.1, 0.15) is 0 Å². The third-order valence-electron chi connectivity index (χ3n) is 2.16. The fourth-order valence-electron chi connectivity index (χ4n) is 1.39. The molecule has 15 heavy (non-hydrogen) atoms. The van der Waals surface area contributed by atoms with Crippen molar-refractivity contribution in [3.8, 4) is 17.0 Å². The second-order valence-electron chi connectivity index (χ2n) is 3.22. The Balaban J connectivity index is 2.42. The van der Waals surface area contributed by atoms with Gasteiger partial charge in [0.1, 0.15) is 5.75 Å². The summed E-state index contributed by atoms with van der Waals surface area (Å²) in [6.07, 6.45) is 1.90. The van der Waals surface area contributed by atoms with E-state index in [-0.39, 0.29) is 0 Å². The van der Waals surface area contributed by atoms with Crippen LogP contribution in [0.4, 0.5) is 0 Å². The molecule has 0 fully saturated rings. The van der Waals surface area contributed by atoms with E-state index >= 15 is 0 Å². The zero-order valence-electron chi connectivity index (χ0n) is 8.57. The number of hydrogen-bond donors (Lipinski definition) is 0. The van der Waals surface area contributed by atoms with Crippen LogP contribution < -0.4 is 4.74 Å². The number of methoxy groups -OCH3 is 1. The minimum absolute atomic E-state index is 0.598. The van der Waals surface area contributed by atoms with Gasteiger partial charge in [-0.1, -0.05) is 11.6 Å². The molecule has 0 bridgehead atoms. The summed E-state index contributed by atoms with van der Waals surface area (Å²) in [5.74, 6) is 0.677. The fraction of sp³-hybridized carbons (Fsp3) is 0.182. The van der Waals surface area contributed by atoms with Crippen molar-refractivity contribution in [2.24, 2.45) is 7.05 Å². The molecule has 0 aliphatic rings. The highest BCUT2D eigenvalue weighted by molar-refractivity contribution is 6.32. The van der Waals surface area contributed by atoms with Crippen molar-refractivity contribution in [1.29, 1.82) is 0 Å². The van der Waals surface area contributed by atoms with Crippen LogP contribution in [0.3, 0.4) is 0 Å². The molecule has 0 radical (unpaired) electrons. The first-order valence-corrected chi connectivity index (χ1v) is 4.92. The maximum Gasteiger partial charge on any atom is 0.137 e. The highest BCUT2D eigenvalue weighted by Gasteiger charge is 2.05. The van der Waals surface area contributed by atoms with E-state index in [0.717, 1.165) is 11.3 Å². The van der Waals surface area contributed by atoms with Crippen molar-refractivity contribution < 1.29 is 4.74 Å². The molecule has 3 nitrogen and oxygen atoms in total. The van der Waals surface area contributed by atoms with E-state index in [2.05, 4.69) is 5.10 Å². The van der Waals surface area contributed by atoms with Crippen molar-refractivity contribution in [3.05, 3.63) is 35.5 Å². The Morgan fingerprint density at radius 1 is 1.33 bits per heavy atom. The van der Waals surface area contributed by atoms with Crippen molar-refractivity contribution in [1.82, 2.24) is 9.78 Å². The van der Waals surface area contributed by atoms with Crippen LogP contribution in [0.15, 0.2) is 30.5 Å². The first-order valence-electron chi connectivity index (χ1n) is 4.54. The van der Waals surface area contributed by atoms with E-state index in [4.69, 9.17) is 16.3 Å². The molecule has 0 saturated heterocycles. The summed E-state index contributed by atoms with van der Waals surface area (Å²) >= 11 is 6.03. The Hall–Kier alpha value is -1.48. The lowest BCUT2D eigenvalue weighted by Crippen LogP contribution is -1.88. The monoisotopic (exact) mass is 222 g/mol. The molecule has 1 heterocycles. The van der Waals surface area contributed by atoms with Gasteiger partial charge in [-0.3, -0.25) is 4.68 Å². The zero-order chi connectivity index (χ0) is 10.8. The number of aromatic nitrogens is 2. The zero-order valence-corrected chi connectivity index (χ0v) is 9.32. The van der Waals surface area contributed by atoms with Crippen molar-refractivity contribution in [2.75, 3.05) is 7.11 Å². The third kappa shape index (κ3) is 1.97. The van der Waals surface area contributed by atoms with Crippen molar-refractivity contribution in [2.45, 2.75) is 0 Å². The molecule has 0 saturated carbocycles. The highest BCUT2D eigenvalue weighted by Crippen LogP contribution is 2.29. The maximum atomic E-state index is 6.03. The summed E-state index contributed by atoms with van der Waals surface area (Å²) in [6.45, 7) is 0. The minimum Gasteiger partial charge on any atom is -0.495 e. The molecule has 0 N–H and O–H groups in total. The van der Waals surface area contributed by atoms with Gasteiger partial charge in [-0.15, -0.1) is 0 Å². The molecule has 0 spiro atoms. The molecular formula is C11H11ClN2O. The minimum atomic E-state index is 0.598. The van der Waals surface area contributed by atoms with E-state index in [0.29, 0.717) is 10.8 Å². The van der Waals surface area contributed by atoms with Gasteiger partial charge >= 0.3 is 0 Å². The van der Waals surface area contributed by atoms with Gasteiger partial charge in [0, 0.05) is 18.8 Å². The number of nitrogens with zero attached hydrogens (tertiary/aromatic N) is 2. The number of halogens is 1. The average Bonchev–Trinajstić information content (AvgIpc) is 2.65. The summed E-state index contributed by atoms with van der Waals surface area (Å²) in [6, 6.07) is 7.57. The SMILES string of the molecule is COc1ccc(-c2ccn(C)n2)cc1Cl. The second-order valence-corrected chi connectivity index (χ2v) is 3.63. The molecule has 0 aliphatic heterocycles. The molecule has 0 unspecified atom stereocenters. The number of benzene rings is 1. The number of ether oxygens (including phenoxy) is 1. The van der Waals surface area contributed by atoms with E-state index in [1.165, 1.54) is 0 Å². The van der Waals surface area contributed by atoms with Gasteiger partial charge in [0.2, 0.25) is 0 Å². The molecule has 2 rings (SSSR count). The fourth-order valence-corrected chi connectivity index (χ4v) is 1.65. The van der Waals surface area contributed by atoms with Gasteiger partial charge in [-0.2, -0.15) is 5.10 Å². The van der Waals surface area contributed by atoms with Crippen LogP contribution in [-0.2, 0) is 7.05 Å². The predicted molar refractivity (Wildman–Crippen MR) is 60.2 cm³/mol. The molecule has 1 aromatic heterocycles. The molecule has 2 aromatic rings. The standard InChI is InChI=1S/C11H11ClN2O/c1-14-6-5-10(13-14)8-3-4-11(15-2)9(12)7-8/h3-7H,1-2H3. The summed E-state index contributed by atoms with van der Waals surface area (Å²) in [5, 5.41) is 4.89. The molecular weight excluding hydrogens is 212 g/mol. The lowest BCUT2D eigenvalue weighted by Gasteiger charge is -2.03. The smallest absolute Gasteiger partial charge is 0.137 e. The van der Waals surface area contributed by atoms with Crippen LogP contribution in [0.5, 0.6) is 5.75 Å². The Morgan fingerprint density at radius 3 is 2.67 bits per heavy atom. The van der Waals surface area contributed by atoms with E-state index in [9.17, 15) is 0 Å². The van der Waals surface area contributed by atoms with Gasteiger partial charge in [-0.25, -0.2) is 0 Å². The molecule has 4 heteroatoms. The van der Waals surface area contributed by atoms with Crippen molar-refractivity contribution >= 4 is 11.6 Å². The van der Waals surface area contributed by atoms with Gasteiger partial charge in [-0.05, 0) is 24.3 Å². The van der Waals surface area contributed by atoms with E-state index in [1.807, 2.05) is 37.5 Å². The Kier molecular flexibility index (Phi) is 2.64. The number of rotatable bonds is 2. The number of aryl methyl sites for hydroxylation is 1. The Morgan fingerprint density at radius 2 is 2.13 bits per heavy atom. The van der Waals surface area contributed by atoms with Crippen molar-refractivity contribution in [3.63, 3.8) is 0 Å². The quantitative estimate of drug-likeness (QED) is 0.781. The van der Waals surface area contributed by atoms with E-state index in [1.54, 1.807) is 11.8 Å². The first-order chi connectivity index (χ1) is 7.20. The Labute approximate surface area is 93.2 Å². The largest absolute Gasteiger partial charge is 0.495 e. The lowest BCUT2D eigenvalue weighted by atomic mass is 10.1. The first kappa shape index (κ1) is 10.1. The van der Waals surface area contributed by atoms with Crippen LogP contribution in [0.25, 0.3) is 11.3 Å². The second kappa shape index (κ2) is 3.95. The highest BCUT2D eigenvalue weighted by atomic mass is 35.5. The Bertz CT molecular complexity index is 479. The third-order valence-corrected chi connectivity index (χ3v) is 2.46. The van der Waals surface area contributed by atoms with Crippen LogP contribution in [-0.4, -0.2) is 16.9 Å². The molecule has 0 aliphatic carbocycles. The normalized spacial score (nSPS) is 10.3. The van der Waals surface area contributed by atoms with Gasteiger partial charge in [0.15, 0.2) is 0 Å². The predicted octanol–water partition coefficient (Wildman–Crippen LogP) is 2.75. The van der Waals surface area contributed by atoms with Crippen LogP contribution in [0.2, 0.25) is 5.02 Å². The summed E-state index contributed by atoms with van der Waals surface area (Å²) in [7, 11) is 3.48. The molecule has 1 aromatic carbocycles. The van der Waals surface area contributed by atoms with E-state index < -0.39 is 0 Å². The summed E-state index contributed by atoms with van der Waals surface area (Å²) in [4.78, 5) is 0. The molecule has 0 atom stereocenters. The number of hydrogen-bond acceptors (Lipinski definition) is 2. The molecule has 0 amide bonds. The summed E-state index contributed by atoms with van der Waals surface area (Å²) in [5.41, 5.74) is 1.89. The van der Waals surface area contributed by atoms with Crippen LogP contribution >= 0.6 is 11.6 Å². The topological polar surface area (TPSA) is 27.1 Å². The molecule has 78 valence electrons. The van der Waals surface area contributed by atoms with Gasteiger partial charge in [0.05, 0.1) is 17.8 Å². The van der Waals surface area contributed by atoms with Crippen LogP contribution in [0, 0.1) is 0 Å². The average molecular weight is 223 g/mol. The lowest BCUT2D eigenvalue weighted by molar-refractivity contribution is 0.415.